The number of hydrogen-bond acceptors (Lipinski definition) is 4. The van der Waals surface area contributed by atoms with E-state index in [-0.39, 0.29) is 5.41 Å². The fourth-order valence-corrected chi connectivity index (χ4v) is 3.90. The van der Waals surface area contributed by atoms with Crippen molar-refractivity contribution in [3.8, 4) is 0 Å². The number of piperidine rings is 1. The third-order valence-corrected chi connectivity index (χ3v) is 5.62. The monoisotopic (exact) mass is 347 g/mol. The van der Waals surface area contributed by atoms with Crippen LogP contribution in [0.4, 0.5) is 5.82 Å². The molecule has 0 atom stereocenters. The minimum Gasteiger partial charge on any atom is -0.347 e. The zero-order valence-electron chi connectivity index (χ0n) is 15.2. The second kappa shape index (κ2) is 7.56. The third kappa shape index (κ3) is 4.39. The molecule has 0 spiro atoms. The predicted octanol–water partition coefficient (Wildman–Crippen LogP) is 1.52. The molecule has 7 nitrogen and oxygen atoms in total. The van der Waals surface area contributed by atoms with Crippen molar-refractivity contribution in [2.45, 2.75) is 51.4 Å². The number of carbonyl (C=O) groups excluding carboxylic acids is 2. The molecule has 3 N–H and O–H groups in total. The van der Waals surface area contributed by atoms with Crippen molar-refractivity contribution in [1.29, 1.82) is 0 Å². The molecule has 2 amide bonds. The summed E-state index contributed by atoms with van der Waals surface area (Å²) in [4.78, 5) is 24.3. The number of rotatable bonds is 4. The standard InChI is InChI=1S/C18H29N5O2/c1-18(7-9-19-10-8-18)12-20-16(24)17(25)21-15-11-14(23(2)22-15)13-5-3-4-6-13/h11,13,19H,3-10,12H2,1-2H3,(H,20,24)(H,21,22,25). The zero-order chi connectivity index (χ0) is 17.9. The van der Waals surface area contributed by atoms with Crippen molar-refractivity contribution in [1.82, 2.24) is 20.4 Å². The first kappa shape index (κ1) is 17.9. The molecule has 2 heterocycles. The lowest BCUT2D eigenvalue weighted by Crippen LogP contribution is -2.45. The van der Waals surface area contributed by atoms with Crippen LogP contribution < -0.4 is 16.0 Å². The Morgan fingerprint density at radius 1 is 1.28 bits per heavy atom. The van der Waals surface area contributed by atoms with Crippen molar-refractivity contribution in [2.75, 3.05) is 25.0 Å². The molecule has 25 heavy (non-hydrogen) atoms. The first-order valence-corrected chi connectivity index (χ1v) is 9.31. The van der Waals surface area contributed by atoms with E-state index in [0.717, 1.165) is 31.6 Å². The lowest BCUT2D eigenvalue weighted by Gasteiger charge is -2.33. The average molecular weight is 347 g/mol. The Labute approximate surface area is 148 Å². The number of nitrogens with one attached hydrogen (secondary N) is 3. The number of anilines is 1. The molecule has 1 saturated carbocycles. The van der Waals surface area contributed by atoms with Crippen LogP contribution in [0.25, 0.3) is 0 Å². The van der Waals surface area contributed by atoms with E-state index < -0.39 is 11.8 Å². The Hall–Kier alpha value is -1.89. The van der Waals surface area contributed by atoms with E-state index in [9.17, 15) is 9.59 Å². The molecule has 0 bridgehead atoms. The van der Waals surface area contributed by atoms with Gasteiger partial charge in [-0.15, -0.1) is 0 Å². The highest BCUT2D eigenvalue weighted by Crippen LogP contribution is 2.34. The van der Waals surface area contributed by atoms with Gasteiger partial charge in [0, 0.05) is 31.3 Å². The molecule has 2 fully saturated rings. The molecule has 1 aromatic heterocycles. The van der Waals surface area contributed by atoms with E-state index in [0.29, 0.717) is 18.3 Å². The first-order valence-electron chi connectivity index (χ1n) is 9.31. The Kier molecular flexibility index (Phi) is 5.42. The van der Waals surface area contributed by atoms with Crippen LogP contribution in [-0.4, -0.2) is 41.2 Å². The summed E-state index contributed by atoms with van der Waals surface area (Å²) in [7, 11) is 1.89. The van der Waals surface area contributed by atoms with Crippen LogP contribution in [0.1, 0.15) is 57.1 Å². The highest BCUT2D eigenvalue weighted by Gasteiger charge is 2.28. The first-order chi connectivity index (χ1) is 12.0. The van der Waals surface area contributed by atoms with Crippen LogP contribution in [0.2, 0.25) is 0 Å². The van der Waals surface area contributed by atoms with E-state index in [1.54, 1.807) is 0 Å². The maximum absolute atomic E-state index is 12.1. The summed E-state index contributed by atoms with van der Waals surface area (Å²) in [5, 5.41) is 13.1. The number of aryl methyl sites for hydroxylation is 1. The van der Waals surface area contributed by atoms with E-state index in [4.69, 9.17) is 0 Å². The molecule has 0 unspecified atom stereocenters. The summed E-state index contributed by atoms with van der Waals surface area (Å²) < 4.78 is 1.82. The topological polar surface area (TPSA) is 88.0 Å². The summed E-state index contributed by atoms with van der Waals surface area (Å²) in [6.45, 7) is 4.59. The van der Waals surface area contributed by atoms with Crippen LogP contribution in [-0.2, 0) is 16.6 Å². The SMILES string of the molecule is Cn1nc(NC(=O)C(=O)NCC2(C)CCNCC2)cc1C1CCCC1. The second-order valence-electron chi connectivity index (χ2n) is 7.76. The van der Waals surface area contributed by atoms with Gasteiger partial charge in [0.15, 0.2) is 5.82 Å². The Morgan fingerprint density at radius 3 is 2.64 bits per heavy atom. The van der Waals surface area contributed by atoms with Gasteiger partial charge in [0.25, 0.3) is 0 Å². The van der Waals surface area contributed by atoms with Gasteiger partial charge in [-0.3, -0.25) is 14.3 Å². The molecule has 2 aliphatic rings. The zero-order valence-corrected chi connectivity index (χ0v) is 15.2. The summed E-state index contributed by atoms with van der Waals surface area (Å²) in [6.07, 6.45) is 6.82. The van der Waals surface area contributed by atoms with Gasteiger partial charge < -0.3 is 16.0 Å². The Morgan fingerprint density at radius 2 is 1.96 bits per heavy atom. The molecule has 3 rings (SSSR count). The number of aromatic nitrogens is 2. The van der Waals surface area contributed by atoms with E-state index in [2.05, 4.69) is 28.0 Å². The third-order valence-electron chi connectivity index (χ3n) is 5.62. The molecule has 7 heteroatoms. The summed E-state index contributed by atoms with van der Waals surface area (Å²) in [5.74, 6) is -0.268. The molecule has 1 aliphatic heterocycles. The Bertz CT molecular complexity index is 627. The van der Waals surface area contributed by atoms with Crippen molar-refractivity contribution >= 4 is 17.6 Å². The van der Waals surface area contributed by atoms with Crippen molar-refractivity contribution < 1.29 is 9.59 Å². The molecule has 1 aliphatic carbocycles. The molecular formula is C18H29N5O2. The van der Waals surface area contributed by atoms with Crippen molar-refractivity contribution in [3.63, 3.8) is 0 Å². The van der Waals surface area contributed by atoms with Gasteiger partial charge >= 0.3 is 11.8 Å². The number of carbonyl (C=O) groups is 2. The highest BCUT2D eigenvalue weighted by atomic mass is 16.2. The van der Waals surface area contributed by atoms with Crippen molar-refractivity contribution in [3.05, 3.63) is 11.8 Å². The average Bonchev–Trinajstić information content (AvgIpc) is 3.23. The largest absolute Gasteiger partial charge is 0.347 e. The predicted molar refractivity (Wildman–Crippen MR) is 96.3 cm³/mol. The molecular weight excluding hydrogens is 318 g/mol. The smallest absolute Gasteiger partial charge is 0.314 e. The van der Waals surface area contributed by atoms with Crippen molar-refractivity contribution in [2.24, 2.45) is 12.5 Å². The summed E-state index contributed by atoms with van der Waals surface area (Å²) in [6, 6.07) is 1.90. The molecule has 1 aromatic rings. The number of hydrogen-bond donors (Lipinski definition) is 3. The molecule has 138 valence electrons. The maximum Gasteiger partial charge on any atom is 0.314 e. The van der Waals surface area contributed by atoms with E-state index >= 15 is 0 Å². The van der Waals surface area contributed by atoms with Crippen LogP contribution in [0, 0.1) is 5.41 Å². The quantitative estimate of drug-likeness (QED) is 0.721. The molecule has 1 saturated heterocycles. The fourth-order valence-electron chi connectivity index (χ4n) is 3.90. The minimum atomic E-state index is -0.645. The van der Waals surface area contributed by atoms with Gasteiger partial charge in [-0.2, -0.15) is 5.10 Å². The van der Waals surface area contributed by atoms with E-state index in [1.165, 1.54) is 25.7 Å². The lowest BCUT2D eigenvalue weighted by molar-refractivity contribution is -0.136. The van der Waals surface area contributed by atoms with E-state index in [1.807, 2.05) is 17.8 Å². The molecule has 0 aromatic carbocycles. The van der Waals surface area contributed by atoms with Gasteiger partial charge in [0.2, 0.25) is 0 Å². The van der Waals surface area contributed by atoms with Crippen LogP contribution in [0.15, 0.2) is 6.07 Å². The van der Waals surface area contributed by atoms with Gasteiger partial charge in [-0.1, -0.05) is 19.8 Å². The lowest BCUT2D eigenvalue weighted by atomic mass is 9.81. The number of nitrogens with zero attached hydrogens (tertiary/aromatic N) is 2. The molecule has 0 radical (unpaired) electrons. The van der Waals surface area contributed by atoms with Gasteiger partial charge in [0.05, 0.1) is 0 Å². The van der Waals surface area contributed by atoms with Gasteiger partial charge in [0.1, 0.15) is 0 Å². The second-order valence-corrected chi connectivity index (χ2v) is 7.76. The van der Waals surface area contributed by atoms with Gasteiger partial charge in [-0.25, -0.2) is 0 Å². The summed E-state index contributed by atoms with van der Waals surface area (Å²) in [5.41, 5.74) is 1.19. The fraction of sp³-hybridized carbons (Fsp3) is 0.722. The minimum absolute atomic E-state index is 0.0574. The van der Waals surface area contributed by atoms with Crippen LogP contribution in [0.5, 0.6) is 0 Å². The summed E-state index contributed by atoms with van der Waals surface area (Å²) >= 11 is 0. The maximum atomic E-state index is 12.1. The van der Waals surface area contributed by atoms with Crippen LogP contribution >= 0.6 is 0 Å². The van der Waals surface area contributed by atoms with Gasteiger partial charge in [-0.05, 0) is 44.2 Å². The highest BCUT2D eigenvalue weighted by molar-refractivity contribution is 6.39. The number of amides is 2. The normalized spacial score (nSPS) is 20.4. The van der Waals surface area contributed by atoms with Crippen LogP contribution in [0.3, 0.4) is 0 Å². The Balaban J connectivity index is 1.53.